The highest BCUT2D eigenvalue weighted by Crippen LogP contribution is 2.12. The maximum Gasteiger partial charge on any atom is 0.306 e. The molecule has 0 fully saturated rings. The van der Waals surface area contributed by atoms with Gasteiger partial charge in [0.2, 0.25) is 0 Å². The summed E-state index contributed by atoms with van der Waals surface area (Å²) in [6, 6.07) is 0. The predicted octanol–water partition coefficient (Wildman–Crippen LogP) is 18.1. The first-order valence-corrected chi connectivity index (χ1v) is 27.0. The van der Waals surface area contributed by atoms with Crippen LogP contribution in [0.5, 0.6) is 0 Å². The summed E-state index contributed by atoms with van der Waals surface area (Å²) >= 11 is 0. The normalized spacial score (nSPS) is 13.1. The van der Waals surface area contributed by atoms with Gasteiger partial charge >= 0.3 is 17.9 Å². The van der Waals surface area contributed by atoms with E-state index in [1.54, 1.807) is 0 Å². The van der Waals surface area contributed by atoms with Crippen molar-refractivity contribution in [2.75, 3.05) is 13.2 Å². The molecule has 378 valence electrons. The average Bonchev–Trinajstić information content (AvgIpc) is 3.33. The molecule has 0 radical (unpaired) electrons. The molecule has 0 rings (SSSR count). The van der Waals surface area contributed by atoms with Gasteiger partial charge in [0, 0.05) is 19.3 Å². The van der Waals surface area contributed by atoms with Crippen molar-refractivity contribution in [2.24, 2.45) is 0 Å². The molecular weight excluding hydrogens is 829 g/mol. The molecule has 0 spiro atoms. The van der Waals surface area contributed by atoms with E-state index in [1.165, 1.54) is 51.4 Å². The van der Waals surface area contributed by atoms with E-state index in [0.29, 0.717) is 12.8 Å². The molecule has 6 heteroatoms. The summed E-state index contributed by atoms with van der Waals surface area (Å²) in [6.45, 7) is 6.38. The van der Waals surface area contributed by atoms with Crippen molar-refractivity contribution in [2.45, 2.75) is 232 Å². The molecule has 67 heavy (non-hydrogen) atoms. The summed E-state index contributed by atoms with van der Waals surface area (Å²) in [5, 5.41) is 0. The third kappa shape index (κ3) is 52.6. The van der Waals surface area contributed by atoms with Crippen molar-refractivity contribution < 1.29 is 28.6 Å². The summed E-state index contributed by atoms with van der Waals surface area (Å²) in [5.74, 6) is -1.02. The Kier molecular flexibility index (Phi) is 51.0. The van der Waals surface area contributed by atoms with Gasteiger partial charge in [0.1, 0.15) is 13.2 Å². The third-order valence-electron chi connectivity index (χ3n) is 10.9. The summed E-state index contributed by atoms with van der Waals surface area (Å²) in [7, 11) is 0. The molecule has 6 nitrogen and oxygen atoms in total. The van der Waals surface area contributed by atoms with E-state index in [2.05, 4.69) is 142 Å². The predicted molar refractivity (Wildman–Crippen MR) is 288 cm³/mol. The van der Waals surface area contributed by atoms with E-state index >= 15 is 0 Å². The fourth-order valence-electron chi connectivity index (χ4n) is 6.87. The number of hydrogen-bond acceptors (Lipinski definition) is 6. The lowest BCUT2D eigenvalue weighted by atomic mass is 10.1. The highest BCUT2D eigenvalue weighted by Gasteiger charge is 2.19. The lowest BCUT2D eigenvalue weighted by molar-refractivity contribution is -0.167. The van der Waals surface area contributed by atoms with Crippen LogP contribution in [0.25, 0.3) is 0 Å². The van der Waals surface area contributed by atoms with Crippen LogP contribution in [0.15, 0.2) is 122 Å². The van der Waals surface area contributed by atoms with Crippen LogP contribution in [-0.4, -0.2) is 37.2 Å². The number of unbranched alkanes of at least 4 members (excludes halogenated alkanes) is 16. The van der Waals surface area contributed by atoms with Gasteiger partial charge in [-0.2, -0.15) is 0 Å². The average molecular weight is 927 g/mol. The Morgan fingerprint density at radius 2 is 0.597 bits per heavy atom. The zero-order chi connectivity index (χ0) is 48.6. The summed E-state index contributed by atoms with van der Waals surface area (Å²) < 4.78 is 16.7. The van der Waals surface area contributed by atoms with E-state index in [4.69, 9.17) is 14.2 Å². The van der Waals surface area contributed by atoms with Gasteiger partial charge in [-0.25, -0.2) is 0 Å². The zero-order valence-corrected chi connectivity index (χ0v) is 43.1. The molecular formula is C61H98O6. The lowest BCUT2D eigenvalue weighted by Gasteiger charge is -2.18. The van der Waals surface area contributed by atoms with Crippen molar-refractivity contribution in [3.63, 3.8) is 0 Å². The van der Waals surface area contributed by atoms with Gasteiger partial charge in [-0.1, -0.05) is 200 Å². The van der Waals surface area contributed by atoms with Gasteiger partial charge in [-0.3, -0.25) is 14.4 Å². The van der Waals surface area contributed by atoms with E-state index in [9.17, 15) is 14.4 Å². The van der Waals surface area contributed by atoms with Crippen molar-refractivity contribution in [3.05, 3.63) is 122 Å². The molecule has 0 amide bonds. The first-order chi connectivity index (χ1) is 33.0. The van der Waals surface area contributed by atoms with Crippen molar-refractivity contribution in [1.29, 1.82) is 0 Å². The zero-order valence-electron chi connectivity index (χ0n) is 43.1. The number of rotatable bonds is 47. The molecule has 0 N–H and O–H groups in total. The highest BCUT2D eigenvalue weighted by molar-refractivity contribution is 5.71. The minimum atomic E-state index is -0.823. The van der Waals surface area contributed by atoms with Gasteiger partial charge < -0.3 is 14.2 Å². The first-order valence-electron chi connectivity index (χ1n) is 27.0. The van der Waals surface area contributed by atoms with Gasteiger partial charge in [0.05, 0.1) is 0 Å². The summed E-state index contributed by atoms with van der Waals surface area (Å²) in [5.41, 5.74) is 0. The molecule has 0 aromatic rings. The smallest absolute Gasteiger partial charge is 0.306 e. The molecule has 0 saturated carbocycles. The Morgan fingerprint density at radius 3 is 0.970 bits per heavy atom. The molecule has 0 unspecified atom stereocenters. The SMILES string of the molecule is CC/C=C/C/C=C/C/C=C/CCCCCCCC(=O)OC[C@H](COC(=O)CCC/C=C/C/C=C/C/C=C/C/C=C/CCCCC)OC(=O)CCCCCC/C=C/C/C=C/C/C=C/CCCCC. The molecule has 0 aliphatic heterocycles. The maximum atomic E-state index is 12.8. The lowest BCUT2D eigenvalue weighted by Crippen LogP contribution is -2.30. The number of esters is 3. The number of carbonyl (C=O) groups is 3. The van der Waals surface area contributed by atoms with Crippen LogP contribution in [0, 0.1) is 0 Å². The van der Waals surface area contributed by atoms with E-state index in [-0.39, 0.29) is 44.0 Å². The van der Waals surface area contributed by atoms with Gasteiger partial charge in [0.15, 0.2) is 6.10 Å². The summed E-state index contributed by atoms with van der Waals surface area (Å²) in [4.78, 5) is 38.1. The molecule has 0 aromatic carbocycles. The number of hydrogen-bond donors (Lipinski definition) is 0. The largest absolute Gasteiger partial charge is 0.462 e. The molecule has 0 aliphatic carbocycles. The Labute approximate surface area is 412 Å². The second kappa shape index (κ2) is 54.4. The Bertz CT molecular complexity index is 1440. The Balaban J connectivity index is 4.57. The molecule has 0 aromatic heterocycles. The van der Waals surface area contributed by atoms with Crippen molar-refractivity contribution in [1.82, 2.24) is 0 Å². The second-order valence-electron chi connectivity index (χ2n) is 17.4. The third-order valence-corrected chi connectivity index (χ3v) is 10.9. The van der Waals surface area contributed by atoms with Gasteiger partial charge in [-0.05, 0) is 128 Å². The van der Waals surface area contributed by atoms with Crippen LogP contribution in [0.3, 0.4) is 0 Å². The molecule has 1 atom stereocenters. The number of allylic oxidation sites excluding steroid dienone is 20. The minimum absolute atomic E-state index is 0.117. The molecule has 0 aliphatic rings. The Morgan fingerprint density at radius 1 is 0.313 bits per heavy atom. The molecule has 0 heterocycles. The quantitative estimate of drug-likeness (QED) is 0.0262. The molecule has 0 saturated heterocycles. The van der Waals surface area contributed by atoms with E-state index < -0.39 is 6.10 Å². The molecule has 0 bridgehead atoms. The topological polar surface area (TPSA) is 78.9 Å². The van der Waals surface area contributed by atoms with E-state index in [0.717, 1.165) is 128 Å². The summed E-state index contributed by atoms with van der Waals surface area (Å²) in [6.07, 6.45) is 74.7. The Hall–Kier alpha value is -4.19. The highest BCUT2D eigenvalue weighted by atomic mass is 16.6. The standard InChI is InChI=1S/C61H98O6/c1-4-7-10-13-16-19-22-25-28-30-33-36-39-42-45-48-51-54-60(63)66-57-58(56-65-59(62)53-50-47-44-41-38-35-32-27-24-21-18-15-12-9-6-3)67-61(64)55-52-49-46-43-40-37-34-31-29-26-23-20-17-14-11-8-5-2/h9,12,16-21,25-29,32-34,36-37,42,45,58H,4-8,10-11,13-15,22-24,30-31,35,38-41,43-44,46-57H2,1-3H3/b12-9+,19-16+,20-17+,21-18+,28-25+,29-26+,32-27+,36-33+,37-34+,45-42+/t58-/m1/s1. The van der Waals surface area contributed by atoms with Crippen molar-refractivity contribution in [3.8, 4) is 0 Å². The van der Waals surface area contributed by atoms with Crippen LogP contribution in [-0.2, 0) is 28.6 Å². The monoisotopic (exact) mass is 927 g/mol. The number of carbonyl (C=O) groups excluding carboxylic acids is 3. The van der Waals surface area contributed by atoms with Crippen LogP contribution in [0.2, 0.25) is 0 Å². The van der Waals surface area contributed by atoms with Crippen LogP contribution in [0.4, 0.5) is 0 Å². The van der Waals surface area contributed by atoms with Crippen LogP contribution in [0.1, 0.15) is 226 Å². The second-order valence-corrected chi connectivity index (χ2v) is 17.4. The van der Waals surface area contributed by atoms with Crippen LogP contribution < -0.4 is 0 Å². The van der Waals surface area contributed by atoms with Gasteiger partial charge in [-0.15, -0.1) is 0 Å². The van der Waals surface area contributed by atoms with Gasteiger partial charge in [0.25, 0.3) is 0 Å². The fraction of sp³-hybridized carbons (Fsp3) is 0.623. The first kappa shape index (κ1) is 62.8. The fourth-order valence-corrected chi connectivity index (χ4v) is 6.87. The minimum Gasteiger partial charge on any atom is -0.462 e. The van der Waals surface area contributed by atoms with Crippen LogP contribution >= 0.6 is 0 Å². The van der Waals surface area contributed by atoms with E-state index in [1.807, 2.05) is 0 Å². The van der Waals surface area contributed by atoms with Crippen molar-refractivity contribution >= 4 is 17.9 Å². The maximum absolute atomic E-state index is 12.8. The number of ether oxygens (including phenoxy) is 3.